The lowest BCUT2D eigenvalue weighted by molar-refractivity contribution is -0.118. The first-order chi connectivity index (χ1) is 9.65. The predicted octanol–water partition coefficient (Wildman–Crippen LogP) is 3.60. The smallest absolute Gasteiger partial charge is 0.227 e. The fourth-order valence-electron chi connectivity index (χ4n) is 3.07. The standard InChI is InChI=1S/C16H20BrNO2/c1-18-15-6-4-11(9-12(15)5-7-16(18)19)14(17)10-13-3-2-8-20-13/h4,6,9,13-14H,2-3,5,7-8,10H2,1H3. The number of nitrogens with zero attached hydrogens (tertiary/aromatic N) is 1. The number of halogens is 1. The summed E-state index contributed by atoms with van der Waals surface area (Å²) in [5.74, 6) is 0.208. The number of aryl methyl sites for hydroxylation is 1. The first-order valence-corrected chi connectivity index (χ1v) is 8.22. The summed E-state index contributed by atoms with van der Waals surface area (Å²) in [7, 11) is 1.86. The molecule has 108 valence electrons. The molecule has 2 atom stereocenters. The molecule has 2 aliphatic rings. The van der Waals surface area contributed by atoms with Gasteiger partial charge < -0.3 is 9.64 Å². The Kier molecular flexibility index (Phi) is 4.13. The average Bonchev–Trinajstić information content (AvgIpc) is 2.95. The molecule has 0 radical (unpaired) electrons. The predicted molar refractivity (Wildman–Crippen MR) is 83.4 cm³/mol. The van der Waals surface area contributed by atoms with Crippen molar-refractivity contribution in [2.45, 2.75) is 43.0 Å². The number of rotatable bonds is 3. The minimum atomic E-state index is 0.208. The van der Waals surface area contributed by atoms with Crippen LogP contribution in [0.1, 0.15) is 41.6 Å². The van der Waals surface area contributed by atoms with E-state index < -0.39 is 0 Å². The van der Waals surface area contributed by atoms with Gasteiger partial charge in [0.15, 0.2) is 0 Å². The van der Waals surface area contributed by atoms with Crippen molar-refractivity contribution < 1.29 is 9.53 Å². The van der Waals surface area contributed by atoms with E-state index in [0.717, 1.165) is 25.1 Å². The van der Waals surface area contributed by atoms with Gasteiger partial charge in [-0.2, -0.15) is 0 Å². The maximum Gasteiger partial charge on any atom is 0.227 e. The van der Waals surface area contributed by atoms with E-state index in [1.807, 2.05) is 7.05 Å². The third-order valence-corrected chi connectivity index (χ3v) is 5.21. The van der Waals surface area contributed by atoms with Gasteiger partial charge in [0.1, 0.15) is 0 Å². The molecular formula is C16H20BrNO2. The van der Waals surface area contributed by atoms with E-state index in [2.05, 4.69) is 34.1 Å². The highest BCUT2D eigenvalue weighted by Crippen LogP contribution is 2.35. The van der Waals surface area contributed by atoms with E-state index in [9.17, 15) is 4.79 Å². The molecule has 2 unspecified atom stereocenters. The number of alkyl halides is 1. The van der Waals surface area contributed by atoms with Gasteiger partial charge in [-0.25, -0.2) is 0 Å². The first kappa shape index (κ1) is 14.1. The van der Waals surface area contributed by atoms with Crippen LogP contribution in [-0.4, -0.2) is 25.7 Å². The Morgan fingerprint density at radius 2 is 2.30 bits per heavy atom. The highest BCUT2D eigenvalue weighted by atomic mass is 79.9. The Labute approximate surface area is 128 Å². The molecule has 1 fully saturated rings. The van der Waals surface area contributed by atoms with Crippen LogP contribution in [0.25, 0.3) is 0 Å². The summed E-state index contributed by atoms with van der Waals surface area (Å²) in [5, 5.41) is 0. The van der Waals surface area contributed by atoms with Gasteiger partial charge in [-0.05, 0) is 42.9 Å². The van der Waals surface area contributed by atoms with Crippen LogP contribution in [-0.2, 0) is 16.0 Å². The highest BCUT2D eigenvalue weighted by Gasteiger charge is 2.24. The Morgan fingerprint density at radius 1 is 1.45 bits per heavy atom. The van der Waals surface area contributed by atoms with E-state index in [1.54, 1.807) is 4.90 Å². The minimum Gasteiger partial charge on any atom is -0.378 e. The van der Waals surface area contributed by atoms with E-state index in [-0.39, 0.29) is 5.91 Å². The van der Waals surface area contributed by atoms with Crippen molar-refractivity contribution in [2.75, 3.05) is 18.6 Å². The molecule has 1 saturated heterocycles. The van der Waals surface area contributed by atoms with Crippen LogP contribution in [0.5, 0.6) is 0 Å². The lowest BCUT2D eigenvalue weighted by Crippen LogP contribution is -2.31. The van der Waals surface area contributed by atoms with Crippen LogP contribution in [0.4, 0.5) is 5.69 Å². The van der Waals surface area contributed by atoms with Gasteiger partial charge in [-0.1, -0.05) is 28.1 Å². The third kappa shape index (κ3) is 2.77. The number of hydrogen-bond donors (Lipinski definition) is 0. The quantitative estimate of drug-likeness (QED) is 0.788. The topological polar surface area (TPSA) is 29.5 Å². The largest absolute Gasteiger partial charge is 0.378 e. The summed E-state index contributed by atoms with van der Waals surface area (Å²) in [6.07, 6.45) is 5.23. The monoisotopic (exact) mass is 337 g/mol. The van der Waals surface area contributed by atoms with Crippen LogP contribution in [0.3, 0.4) is 0 Å². The number of amides is 1. The fraction of sp³-hybridized carbons (Fsp3) is 0.562. The third-order valence-electron chi connectivity index (χ3n) is 4.30. The normalized spacial score (nSPS) is 23.8. The van der Waals surface area contributed by atoms with E-state index in [1.165, 1.54) is 24.0 Å². The molecule has 0 bridgehead atoms. The number of ether oxygens (including phenoxy) is 1. The van der Waals surface area contributed by atoms with Crippen molar-refractivity contribution in [1.29, 1.82) is 0 Å². The van der Waals surface area contributed by atoms with Gasteiger partial charge in [0, 0.05) is 30.6 Å². The molecule has 2 aliphatic heterocycles. The van der Waals surface area contributed by atoms with Gasteiger partial charge in [-0.3, -0.25) is 4.79 Å². The molecule has 4 heteroatoms. The van der Waals surface area contributed by atoms with Crippen LogP contribution in [0.2, 0.25) is 0 Å². The lowest BCUT2D eigenvalue weighted by Gasteiger charge is -2.27. The van der Waals surface area contributed by atoms with Crippen LogP contribution >= 0.6 is 15.9 Å². The Balaban J connectivity index is 1.76. The van der Waals surface area contributed by atoms with Crippen LogP contribution in [0.15, 0.2) is 18.2 Å². The van der Waals surface area contributed by atoms with Crippen molar-refractivity contribution in [3.05, 3.63) is 29.3 Å². The highest BCUT2D eigenvalue weighted by molar-refractivity contribution is 9.09. The van der Waals surface area contributed by atoms with Gasteiger partial charge >= 0.3 is 0 Å². The van der Waals surface area contributed by atoms with E-state index >= 15 is 0 Å². The number of fused-ring (bicyclic) bond motifs is 1. The molecule has 0 spiro atoms. The second-order valence-electron chi connectivity index (χ2n) is 5.68. The van der Waals surface area contributed by atoms with Crippen LogP contribution < -0.4 is 4.90 Å². The van der Waals surface area contributed by atoms with Crippen molar-refractivity contribution in [1.82, 2.24) is 0 Å². The van der Waals surface area contributed by atoms with Crippen molar-refractivity contribution in [3.8, 4) is 0 Å². The van der Waals surface area contributed by atoms with Crippen molar-refractivity contribution in [3.63, 3.8) is 0 Å². The summed E-state index contributed by atoms with van der Waals surface area (Å²) in [4.78, 5) is 13.8. The van der Waals surface area contributed by atoms with Crippen LogP contribution in [0, 0.1) is 0 Å². The fourth-order valence-corrected chi connectivity index (χ4v) is 3.77. The number of benzene rings is 1. The Hall–Kier alpha value is -0.870. The number of carbonyl (C=O) groups is 1. The number of anilines is 1. The van der Waals surface area contributed by atoms with E-state index in [4.69, 9.17) is 4.74 Å². The van der Waals surface area contributed by atoms with Crippen molar-refractivity contribution in [2.24, 2.45) is 0 Å². The zero-order chi connectivity index (χ0) is 14.1. The summed E-state index contributed by atoms with van der Waals surface area (Å²) in [6.45, 7) is 0.904. The van der Waals surface area contributed by atoms with Crippen molar-refractivity contribution >= 4 is 27.5 Å². The second kappa shape index (κ2) is 5.86. The molecule has 20 heavy (non-hydrogen) atoms. The number of hydrogen-bond acceptors (Lipinski definition) is 2. The maximum atomic E-state index is 11.7. The number of carbonyl (C=O) groups excluding carboxylic acids is 1. The van der Waals surface area contributed by atoms with Gasteiger partial charge in [0.2, 0.25) is 5.91 Å². The zero-order valence-corrected chi connectivity index (χ0v) is 13.4. The molecule has 0 saturated carbocycles. The molecule has 1 aromatic carbocycles. The average molecular weight is 338 g/mol. The molecule has 2 heterocycles. The zero-order valence-electron chi connectivity index (χ0n) is 11.8. The van der Waals surface area contributed by atoms with Gasteiger partial charge in [0.05, 0.1) is 6.10 Å². The summed E-state index contributed by atoms with van der Waals surface area (Å²) in [6, 6.07) is 6.44. The molecule has 0 aromatic heterocycles. The molecule has 1 aromatic rings. The molecule has 3 nitrogen and oxygen atoms in total. The Bertz CT molecular complexity index is 511. The minimum absolute atomic E-state index is 0.208. The molecular weight excluding hydrogens is 318 g/mol. The Morgan fingerprint density at radius 3 is 3.05 bits per heavy atom. The summed E-state index contributed by atoms with van der Waals surface area (Å²) in [5.41, 5.74) is 3.63. The van der Waals surface area contributed by atoms with Gasteiger partial charge in [-0.15, -0.1) is 0 Å². The second-order valence-corrected chi connectivity index (χ2v) is 6.78. The SMILES string of the molecule is CN1C(=O)CCc2cc(C(Br)CC3CCCO3)ccc21. The molecule has 1 amide bonds. The van der Waals surface area contributed by atoms with Gasteiger partial charge in [0.25, 0.3) is 0 Å². The summed E-state index contributed by atoms with van der Waals surface area (Å²) < 4.78 is 5.71. The van der Waals surface area contributed by atoms with E-state index in [0.29, 0.717) is 17.4 Å². The maximum absolute atomic E-state index is 11.7. The molecule has 0 aliphatic carbocycles. The first-order valence-electron chi connectivity index (χ1n) is 7.30. The summed E-state index contributed by atoms with van der Waals surface area (Å²) >= 11 is 3.79. The lowest BCUT2D eigenvalue weighted by atomic mass is 9.96. The molecule has 3 rings (SSSR count). The molecule has 0 N–H and O–H groups in total.